The second kappa shape index (κ2) is 2.92. The molecule has 3 rings (SSSR count). The van der Waals surface area contributed by atoms with Crippen molar-refractivity contribution in [2.24, 2.45) is 4.99 Å². The molecule has 0 radical (unpaired) electrons. The minimum absolute atomic E-state index is 0.0559. The van der Waals surface area contributed by atoms with E-state index in [0.29, 0.717) is 5.84 Å². The van der Waals surface area contributed by atoms with Crippen molar-refractivity contribution in [2.75, 3.05) is 0 Å². The molecule has 1 spiro atoms. The highest BCUT2D eigenvalue weighted by Gasteiger charge is 2.54. The van der Waals surface area contributed by atoms with E-state index < -0.39 is 5.54 Å². The second-order valence-electron chi connectivity index (χ2n) is 3.95. The Labute approximate surface area is 95.7 Å². The number of carbonyl (C=O) groups excluding carboxylic acids is 1. The summed E-state index contributed by atoms with van der Waals surface area (Å²) in [6, 6.07) is 7.79. The third kappa shape index (κ3) is 1.40. The van der Waals surface area contributed by atoms with Gasteiger partial charge in [0.05, 0.1) is 0 Å². The molecular formula is C11H9BrN2O. The van der Waals surface area contributed by atoms with Gasteiger partial charge in [0, 0.05) is 10.0 Å². The molecule has 4 heteroatoms. The summed E-state index contributed by atoms with van der Waals surface area (Å²) in [5.74, 6) is 0.769. The maximum Gasteiger partial charge on any atom is 0.253 e. The normalized spacial score (nSPS) is 21.4. The lowest BCUT2D eigenvalue weighted by Crippen LogP contribution is -2.30. The van der Waals surface area contributed by atoms with Gasteiger partial charge >= 0.3 is 0 Å². The molecule has 0 atom stereocenters. The number of rotatable bonds is 1. The van der Waals surface area contributed by atoms with Crippen molar-refractivity contribution in [2.45, 2.75) is 18.4 Å². The first-order valence-electron chi connectivity index (χ1n) is 4.87. The molecule has 1 N–H and O–H groups in total. The van der Waals surface area contributed by atoms with E-state index in [4.69, 9.17) is 0 Å². The summed E-state index contributed by atoms with van der Waals surface area (Å²) in [4.78, 5) is 16.0. The van der Waals surface area contributed by atoms with Crippen LogP contribution in [-0.4, -0.2) is 17.3 Å². The average Bonchev–Trinajstić information content (AvgIpc) is 2.91. The van der Waals surface area contributed by atoms with Crippen LogP contribution >= 0.6 is 15.9 Å². The van der Waals surface area contributed by atoms with E-state index >= 15 is 0 Å². The van der Waals surface area contributed by atoms with Crippen LogP contribution in [0.4, 0.5) is 0 Å². The van der Waals surface area contributed by atoms with Crippen LogP contribution in [0.5, 0.6) is 0 Å². The molecule has 2 aliphatic rings. The van der Waals surface area contributed by atoms with Crippen LogP contribution in [0.3, 0.4) is 0 Å². The zero-order valence-corrected chi connectivity index (χ0v) is 9.54. The summed E-state index contributed by atoms with van der Waals surface area (Å²) in [6.07, 6.45) is 1.78. The van der Waals surface area contributed by atoms with Crippen LogP contribution in [0.2, 0.25) is 0 Å². The molecule has 1 fully saturated rings. The molecule has 0 bridgehead atoms. The quantitative estimate of drug-likeness (QED) is 0.827. The molecule has 1 aromatic rings. The topological polar surface area (TPSA) is 41.5 Å². The Balaban J connectivity index is 1.96. The van der Waals surface area contributed by atoms with Gasteiger partial charge in [0.25, 0.3) is 5.91 Å². The predicted octanol–water partition coefficient (Wildman–Crippen LogP) is 1.86. The smallest absolute Gasteiger partial charge is 0.253 e. The minimum atomic E-state index is -0.400. The van der Waals surface area contributed by atoms with Gasteiger partial charge in [-0.05, 0) is 25.0 Å². The SMILES string of the molecule is O=C1NC(c2ccc(Br)cc2)=NC12CC2. The van der Waals surface area contributed by atoms with Crippen LogP contribution in [0.15, 0.2) is 33.7 Å². The highest BCUT2D eigenvalue weighted by molar-refractivity contribution is 9.10. The molecule has 1 aromatic carbocycles. The number of aliphatic imine (C=N–C) groups is 1. The Morgan fingerprint density at radius 3 is 2.47 bits per heavy atom. The molecule has 0 unspecified atom stereocenters. The van der Waals surface area contributed by atoms with Gasteiger partial charge in [-0.15, -0.1) is 0 Å². The van der Waals surface area contributed by atoms with E-state index in [-0.39, 0.29) is 5.91 Å². The van der Waals surface area contributed by atoms with E-state index in [0.717, 1.165) is 22.9 Å². The van der Waals surface area contributed by atoms with Crippen molar-refractivity contribution in [3.05, 3.63) is 34.3 Å². The van der Waals surface area contributed by atoms with Gasteiger partial charge in [0.1, 0.15) is 11.4 Å². The lowest BCUT2D eigenvalue weighted by atomic mass is 10.2. The summed E-state index contributed by atoms with van der Waals surface area (Å²) in [5.41, 5.74) is 0.568. The maximum absolute atomic E-state index is 11.6. The summed E-state index contributed by atoms with van der Waals surface area (Å²) >= 11 is 3.37. The van der Waals surface area contributed by atoms with Crippen LogP contribution in [0, 0.1) is 0 Å². The molecule has 1 aliphatic carbocycles. The Morgan fingerprint density at radius 1 is 1.27 bits per heavy atom. The number of amidine groups is 1. The van der Waals surface area contributed by atoms with Gasteiger partial charge in [-0.25, -0.2) is 0 Å². The summed E-state index contributed by atoms with van der Waals surface area (Å²) in [7, 11) is 0. The third-order valence-corrected chi connectivity index (χ3v) is 3.35. The Hall–Kier alpha value is -1.16. The fraction of sp³-hybridized carbons (Fsp3) is 0.273. The molecular weight excluding hydrogens is 256 g/mol. The fourth-order valence-corrected chi connectivity index (χ4v) is 1.98. The van der Waals surface area contributed by atoms with Gasteiger partial charge in [0.2, 0.25) is 0 Å². The molecule has 1 amide bonds. The number of nitrogens with one attached hydrogen (secondary N) is 1. The summed E-state index contributed by atoms with van der Waals surface area (Å²) in [6.45, 7) is 0. The molecule has 1 saturated carbocycles. The standard InChI is InChI=1S/C11H9BrN2O/c12-8-3-1-7(2-4-8)9-13-10(15)11(14-9)5-6-11/h1-4H,5-6H2,(H,13,14,15). The highest BCUT2D eigenvalue weighted by Crippen LogP contribution is 2.42. The van der Waals surface area contributed by atoms with E-state index in [9.17, 15) is 4.79 Å². The van der Waals surface area contributed by atoms with Crippen molar-refractivity contribution >= 4 is 27.7 Å². The molecule has 76 valence electrons. The molecule has 1 heterocycles. The number of hydrogen-bond acceptors (Lipinski definition) is 2. The van der Waals surface area contributed by atoms with Crippen molar-refractivity contribution in [3.63, 3.8) is 0 Å². The van der Waals surface area contributed by atoms with Crippen LogP contribution in [0.25, 0.3) is 0 Å². The summed E-state index contributed by atoms with van der Waals surface area (Å²) < 4.78 is 1.03. The average molecular weight is 265 g/mol. The first-order chi connectivity index (χ1) is 7.20. The molecule has 0 saturated heterocycles. The predicted molar refractivity (Wildman–Crippen MR) is 60.8 cm³/mol. The van der Waals surface area contributed by atoms with Crippen molar-refractivity contribution in [3.8, 4) is 0 Å². The zero-order chi connectivity index (χ0) is 10.5. The van der Waals surface area contributed by atoms with Crippen molar-refractivity contribution in [1.29, 1.82) is 0 Å². The third-order valence-electron chi connectivity index (χ3n) is 2.82. The monoisotopic (exact) mass is 264 g/mol. The number of hydrogen-bond donors (Lipinski definition) is 1. The van der Waals surface area contributed by atoms with Gasteiger partial charge in [-0.2, -0.15) is 0 Å². The Kier molecular flexibility index (Phi) is 1.77. The van der Waals surface area contributed by atoms with E-state index in [1.165, 1.54) is 0 Å². The van der Waals surface area contributed by atoms with E-state index in [1.54, 1.807) is 0 Å². The number of benzene rings is 1. The van der Waals surface area contributed by atoms with Crippen molar-refractivity contribution in [1.82, 2.24) is 5.32 Å². The lowest BCUT2D eigenvalue weighted by molar-refractivity contribution is -0.120. The fourth-order valence-electron chi connectivity index (χ4n) is 1.72. The zero-order valence-electron chi connectivity index (χ0n) is 7.96. The summed E-state index contributed by atoms with van der Waals surface area (Å²) in [5, 5.41) is 2.84. The Morgan fingerprint density at radius 2 is 1.93 bits per heavy atom. The van der Waals surface area contributed by atoms with Gasteiger partial charge < -0.3 is 5.32 Å². The first-order valence-corrected chi connectivity index (χ1v) is 5.66. The largest absolute Gasteiger partial charge is 0.308 e. The molecule has 0 aromatic heterocycles. The first kappa shape index (κ1) is 9.09. The lowest BCUT2D eigenvalue weighted by Gasteiger charge is -2.00. The number of carbonyl (C=O) groups is 1. The number of halogens is 1. The number of amides is 1. The van der Waals surface area contributed by atoms with E-state index in [2.05, 4.69) is 26.2 Å². The highest BCUT2D eigenvalue weighted by atomic mass is 79.9. The maximum atomic E-state index is 11.6. The Bertz CT molecular complexity index is 460. The van der Waals surface area contributed by atoms with Gasteiger partial charge in [0.15, 0.2) is 0 Å². The van der Waals surface area contributed by atoms with Gasteiger partial charge in [-0.1, -0.05) is 28.1 Å². The van der Waals surface area contributed by atoms with E-state index in [1.807, 2.05) is 24.3 Å². The van der Waals surface area contributed by atoms with Gasteiger partial charge in [-0.3, -0.25) is 9.79 Å². The minimum Gasteiger partial charge on any atom is -0.308 e. The second-order valence-corrected chi connectivity index (χ2v) is 4.87. The van der Waals surface area contributed by atoms with Crippen molar-refractivity contribution < 1.29 is 4.79 Å². The molecule has 3 nitrogen and oxygen atoms in total. The van der Waals surface area contributed by atoms with Crippen LogP contribution in [0.1, 0.15) is 18.4 Å². The van der Waals surface area contributed by atoms with Crippen LogP contribution in [-0.2, 0) is 4.79 Å². The van der Waals surface area contributed by atoms with Crippen LogP contribution < -0.4 is 5.32 Å². The molecule has 1 aliphatic heterocycles. The number of nitrogens with zero attached hydrogens (tertiary/aromatic N) is 1. The molecule has 15 heavy (non-hydrogen) atoms.